The van der Waals surface area contributed by atoms with Crippen LogP contribution < -0.4 is 10.2 Å². The minimum absolute atomic E-state index is 0.146. The third kappa shape index (κ3) is 4.78. The molecule has 2 heterocycles. The molecule has 1 aromatic heterocycles. The summed E-state index contributed by atoms with van der Waals surface area (Å²) in [6.07, 6.45) is 5.29. The number of ether oxygens (including phenoxy) is 1. The Morgan fingerprint density at radius 3 is 2.39 bits per heavy atom. The zero-order valence-corrected chi connectivity index (χ0v) is 20.6. The van der Waals surface area contributed by atoms with Crippen molar-refractivity contribution in [2.24, 2.45) is 0 Å². The number of nitrogens with zero attached hydrogens (tertiary/aromatic N) is 1. The van der Waals surface area contributed by atoms with Crippen LogP contribution in [0.4, 0.5) is 0 Å². The van der Waals surface area contributed by atoms with Gasteiger partial charge in [0.15, 0.2) is 5.43 Å². The maximum atomic E-state index is 13.6. The molecule has 1 amide bonds. The van der Waals surface area contributed by atoms with Crippen LogP contribution in [0.2, 0.25) is 0 Å². The highest BCUT2D eigenvalue weighted by atomic mass is 16.5. The van der Waals surface area contributed by atoms with E-state index in [4.69, 9.17) is 9.15 Å². The second-order valence-electron chi connectivity index (χ2n) is 9.28. The molecular formula is C31H31NO4. The first kappa shape index (κ1) is 23.9. The predicted molar refractivity (Wildman–Crippen MR) is 142 cm³/mol. The molecule has 0 fully saturated rings. The molecule has 184 valence electrons. The Morgan fingerprint density at radius 2 is 1.61 bits per heavy atom. The molecule has 36 heavy (non-hydrogen) atoms. The molecule has 5 rings (SSSR count). The molecule has 1 aliphatic rings. The number of carbonyl (C=O) groups is 1. The molecule has 3 aromatic carbocycles. The average molecular weight is 482 g/mol. The summed E-state index contributed by atoms with van der Waals surface area (Å²) in [6, 6.07) is 24.4. The number of carbonyl (C=O) groups excluding carboxylic acids is 1. The molecule has 0 saturated carbocycles. The van der Waals surface area contributed by atoms with Gasteiger partial charge >= 0.3 is 0 Å². The summed E-state index contributed by atoms with van der Waals surface area (Å²) >= 11 is 0. The second kappa shape index (κ2) is 10.8. The van der Waals surface area contributed by atoms with Crippen molar-refractivity contribution in [2.75, 3.05) is 13.2 Å². The van der Waals surface area contributed by atoms with E-state index in [-0.39, 0.29) is 17.1 Å². The molecule has 1 unspecified atom stereocenters. The van der Waals surface area contributed by atoms with Crippen LogP contribution in [0.15, 0.2) is 88.1 Å². The van der Waals surface area contributed by atoms with Crippen LogP contribution in [-0.2, 0) is 6.42 Å². The summed E-state index contributed by atoms with van der Waals surface area (Å²) in [4.78, 5) is 28.9. The largest absolute Gasteiger partial charge is 0.494 e. The minimum Gasteiger partial charge on any atom is -0.494 e. The highest BCUT2D eigenvalue weighted by Crippen LogP contribution is 2.38. The van der Waals surface area contributed by atoms with Gasteiger partial charge < -0.3 is 14.1 Å². The Morgan fingerprint density at radius 1 is 0.861 bits per heavy atom. The van der Waals surface area contributed by atoms with Crippen molar-refractivity contribution < 1.29 is 13.9 Å². The van der Waals surface area contributed by atoms with E-state index in [1.54, 1.807) is 17.0 Å². The summed E-state index contributed by atoms with van der Waals surface area (Å²) in [6.45, 7) is 3.35. The van der Waals surface area contributed by atoms with Gasteiger partial charge in [0, 0.05) is 6.54 Å². The van der Waals surface area contributed by atoms with Gasteiger partial charge in [0.2, 0.25) is 5.76 Å². The standard InChI is InChI=1S/C31H31NO4/c1-2-3-4-10-21-35-24-17-15-23(16-18-24)28-27-29(33)25-13-8-9-14-26(25)36-30(27)31(34)32(28)20-19-22-11-6-5-7-12-22/h5-9,11-18,28H,2-4,10,19-21H2,1H3. The Hall–Kier alpha value is -3.86. The number of rotatable bonds is 10. The van der Waals surface area contributed by atoms with E-state index in [1.807, 2.05) is 66.7 Å². The fourth-order valence-corrected chi connectivity index (χ4v) is 4.90. The zero-order valence-electron chi connectivity index (χ0n) is 20.6. The van der Waals surface area contributed by atoms with Crippen molar-refractivity contribution in [1.29, 1.82) is 0 Å². The number of unbranched alkanes of at least 4 members (excludes halogenated alkanes) is 3. The van der Waals surface area contributed by atoms with Gasteiger partial charge in [-0.05, 0) is 48.2 Å². The van der Waals surface area contributed by atoms with Gasteiger partial charge in [0.25, 0.3) is 5.91 Å². The van der Waals surface area contributed by atoms with E-state index in [2.05, 4.69) is 6.92 Å². The Labute approximate surface area is 211 Å². The monoisotopic (exact) mass is 481 g/mol. The Balaban J connectivity index is 1.47. The lowest BCUT2D eigenvalue weighted by atomic mass is 9.98. The molecule has 0 spiro atoms. The van der Waals surface area contributed by atoms with Gasteiger partial charge in [-0.3, -0.25) is 9.59 Å². The highest BCUT2D eigenvalue weighted by molar-refractivity contribution is 5.99. The van der Waals surface area contributed by atoms with Gasteiger partial charge in [-0.1, -0.05) is 80.8 Å². The van der Waals surface area contributed by atoms with Crippen molar-refractivity contribution in [1.82, 2.24) is 4.90 Å². The van der Waals surface area contributed by atoms with Gasteiger partial charge in [0.1, 0.15) is 11.3 Å². The molecule has 5 nitrogen and oxygen atoms in total. The predicted octanol–water partition coefficient (Wildman–Crippen LogP) is 6.54. The lowest BCUT2D eigenvalue weighted by Gasteiger charge is -2.25. The number of amides is 1. The number of hydrogen-bond donors (Lipinski definition) is 0. The van der Waals surface area contributed by atoms with E-state index >= 15 is 0 Å². The Kier molecular flexibility index (Phi) is 7.17. The lowest BCUT2D eigenvalue weighted by molar-refractivity contribution is 0.0730. The normalized spacial score (nSPS) is 14.9. The molecule has 0 radical (unpaired) electrons. The van der Waals surface area contributed by atoms with Crippen molar-refractivity contribution in [3.63, 3.8) is 0 Å². The average Bonchev–Trinajstić information content (AvgIpc) is 3.20. The van der Waals surface area contributed by atoms with Crippen LogP contribution in [0.1, 0.15) is 65.9 Å². The fourth-order valence-electron chi connectivity index (χ4n) is 4.90. The van der Waals surface area contributed by atoms with Crippen LogP contribution in [-0.4, -0.2) is 24.0 Å². The van der Waals surface area contributed by atoms with Crippen LogP contribution in [0.3, 0.4) is 0 Å². The third-order valence-corrected chi connectivity index (χ3v) is 6.82. The molecule has 1 aliphatic heterocycles. The first-order chi connectivity index (χ1) is 17.7. The number of hydrogen-bond acceptors (Lipinski definition) is 4. The van der Waals surface area contributed by atoms with Gasteiger partial charge in [-0.25, -0.2) is 0 Å². The topological polar surface area (TPSA) is 59.8 Å². The molecule has 1 atom stereocenters. The summed E-state index contributed by atoms with van der Waals surface area (Å²) in [7, 11) is 0. The van der Waals surface area contributed by atoms with Gasteiger partial charge in [-0.15, -0.1) is 0 Å². The van der Waals surface area contributed by atoms with Crippen LogP contribution in [0, 0.1) is 0 Å². The van der Waals surface area contributed by atoms with Crippen molar-refractivity contribution in [3.05, 3.63) is 112 Å². The Bertz CT molecular complexity index is 1390. The van der Waals surface area contributed by atoms with Crippen LogP contribution in [0.5, 0.6) is 5.75 Å². The van der Waals surface area contributed by atoms with E-state index in [1.165, 1.54) is 12.8 Å². The number of fused-ring (bicyclic) bond motifs is 2. The van der Waals surface area contributed by atoms with E-state index in [0.717, 1.165) is 29.7 Å². The number of para-hydroxylation sites is 1. The third-order valence-electron chi connectivity index (χ3n) is 6.82. The van der Waals surface area contributed by atoms with Crippen LogP contribution >= 0.6 is 0 Å². The highest BCUT2D eigenvalue weighted by Gasteiger charge is 2.42. The lowest BCUT2D eigenvalue weighted by Crippen LogP contribution is -2.31. The van der Waals surface area contributed by atoms with Gasteiger partial charge in [0.05, 0.1) is 23.6 Å². The van der Waals surface area contributed by atoms with E-state index in [9.17, 15) is 9.59 Å². The smallest absolute Gasteiger partial charge is 0.290 e. The van der Waals surface area contributed by atoms with Crippen molar-refractivity contribution in [3.8, 4) is 5.75 Å². The molecule has 0 saturated heterocycles. The molecule has 0 aliphatic carbocycles. The number of benzene rings is 3. The van der Waals surface area contributed by atoms with Crippen LogP contribution in [0.25, 0.3) is 11.0 Å². The first-order valence-corrected chi connectivity index (χ1v) is 12.8. The summed E-state index contributed by atoms with van der Waals surface area (Å²) in [5.74, 6) is 0.694. The minimum atomic E-state index is -0.504. The molecule has 4 aromatic rings. The van der Waals surface area contributed by atoms with E-state index < -0.39 is 6.04 Å². The molecular weight excluding hydrogens is 450 g/mol. The summed E-state index contributed by atoms with van der Waals surface area (Å²) in [5, 5.41) is 0.492. The maximum Gasteiger partial charge on any atom is 0.290 e. The summed E-state index contributed by atoms with van der Waals surface area (Å²) < 4.78 is 11.9. The van der Waals surface area contributed by atoms with Gasteiger partial charge in [-0.2, -0.15) is 0 Å². The maximum absolute atomic E-state index is 13.6. The quantitative estimate of drug-likeness (QED) is 0.241. The summed E-state index contributed by atoms with van der Waals surface area (Å²) in [5.41, 5.74) is 2.71. The second-order valence-corrected chi connectivity index (χ2v) is 9.28. The molecule has 0 N–H and O–H groups in total. The zero-order chi connectivity index (χ0) is 24.9. The molecule has 0 bridgehead atoms. The van der Waals surface area contributed by atoms with E-state index in [0.29, 0.717) is 36.1 Å². The van der Waals surface area contributed by atoms with Crippen molar-refractivity contribution in [2.45, 2.75) is 45.1 Å². The molecule has 5 heteroatoms. The van der Waals surface area contributed by atoms with Crippen molar-refractivity contribution >= 4 is 16.9 Å². The first-order valence-electron chi connectivity index (χ1n) is 12.8. The fraction of sp³-hybridized carbons (Fsp3) is 0.290. The SMILES string of the molecule is CCCCCCOc1ccc(C2c3c(oc4ccccc4c3=O)C(=O)N2CCc2ccccc2)cc1.